The fourth-order valence-electron chi connectivity index (χ4n) is 3.50. The normalized spacial score (nSPS) is 12.1. The highest BCUT2D eigenvalue weighted by atomic mass is 32.2. The minimum absolute atomic E-state index is 0.0858. The van der Waals surface area contributed by atoms with Gasteiger partial charge < -0.3 is 9.88 Å². The number of carbonyl (C=O) groups is 1. The average Bonchev–Trinajstić information content (AvgIpc) is 3.43. The highest BCUT2D eigenvalue weighted by Gasteiger charge is 2.19. The zero-order valence-electron chi connectivity index (χ0n) is 18.7. The molecule has 3 heterocycles. The summed E-state index contributed by atoms with van der Waals surface area (Å²) in [5.74, 6) is 0.651. The third kappa shape index (κ3) is 4.85. The number of para-hydroxylation sites is 1. The van der Waals surface area contributed by atoms with Gasteiger partial charge in [0.15, 0.2) is 11.0 Å². The van der Waals surface area contributed by atoms with Gasteiger partial charge in [-0.2, -0.15) is 0 Å². The standard InChI is InChI=1S/C25H22N6OS2/c1-16(33-25-30-29-23(31(25)2)18-11-13-26-14-12-18)24(32)27-19-9-7-17(8-10-19)15-22-28-20-5-3-4-6-21(20)34-22/h3-14,16H,15H2,1-2H3,(H,27,32)/t16-/m1/s1. The van der Waals surface area contributed by atoms with Gasteiger partial charge in [0.1, 0.15) is 0 Å². The van der Waals surface area contributed by atoms with Gasteiger partial charge in [0.05, 0.1) is 20.5 Å². The van der Waals surface area contributed by atoms with Crippen LogP contribution in [0.1, 0.15) is 17.5 Å². The summed E-state index contributed by atoms with van der Waals surface area (Å²) in [6, 6.07) is 19.9. The third-order valence-corrected chi connectivity index (χ3v) is 7.51. The molecule has 2 aromatic carbocycles. The molecule has 7 nitrogen and oxygen atoms in total. The lowest BCUT2D eigenvalue weighted by Crippen LogP contribution is -2.22. The Balaban J connectivity index is 1.20. The molecule has 5 rings (SSSR count). The molecule has 9 heteroatoms. The predicted octanol–water partition coefficient (Wildman–Crippen LogP) is 5.20. The lowest BCUT2D eigenvalue weighted by molar-refractivity contribution is -0.115. The van der Waals surface area contributed by atoms with E-state index in [1.807, 2.05) is 73.1 Å². The summed E-state index contributed by atoms with van der Waals surface area (Å²) in [7, 11) is 1.90. The summed E-state index contributed by atoms with van der Waals surface area (Å²) in [5.41, 5.74) is 3.89. The minimum Gasteiger partial charge on any atom is -0.325 e. The van der Waals surface area contributed by atoms with E-state index in [-0.39, 0.29) is 11.2 Å². The molecule has 0 fully saturated rings. The van der Waals surface area contributed by atoms with Crippen LogP contribution in [0.15, 0.2) is 78.2 Å². The number of pyridine rings is 1. The number of aromatic nitrogens is 5. The second-order valence-electron chi connectivity index (χ2n) is 7.80. The number of nitrogens with one attached hydrogen (secondary N) is 1. The van der Waals surface area contributed by atoms with Crippen molar-refractivity contribution in [1.29, 1.82) is 0 Å². The van der Waals surface area contributed by atoms with Crippen LogP contribution >= 0.6 is 23.1 Å². The van der Waals surface area contributed by atoms with Crippen LogP contribution in [0.4, 0.5) is 5.69 Å². The Kier molecular flexibility index (Phi) is 6.37. The summed E-state index contributed by atoms with van der Waals surface area (Å²) in [6.45, 7) is 1.86. The zero-order valence-corrected chi connectivity index (χ0v) is 20.3. The number of fused-ring (bicyclic) bond motifs is 1. The summed E-state index contributed by atoms with van der Waals surface area (Å²) in [4.78, 5) is 21.5. The second kappa shape index (κ2) is 9.74. The molecule has 0 saturated heterocycles. The van der Waals surface area contributed by atoms with Gasteiger partial charge in [-0.15, -0.1) is 21.5 Å². The summed E-state index contributed by atoms with van der Waals surface area (Å²) in [5, 5.41) is 12.9. The van der Waals surface area contributed by atoms with Crippen molar-refractivity contribution in [3.8, 4) is 11.4 Å². The van der Waals surface area contributed by atoms with E-state index >= 15 is 0 Å². The molecule has 1 amide bonds. The molecule has 34 heavy (non-hydrogen) atoms. The average molecular weight is 487 g/mol. The second-order valence-corrected chi connectivity index (χ2v) is 10.2. The van der Waals surface area contributed by atoms with Crippen molar-refractivity contribution in [1.82, 2.24) is 24.7 Å². The van der Waals surface area contributed by atoms with Gasteiger partial charge in [-0.1, -0.05) is 36.0 Å². The van der Waals surface area contributed by atoms with Crippen LogP contribution in [0.5, 0.6) is 0 Å². The van der Waals surface area contributed by atoms with Crippen molar-refractivity contribution in [3.05, 3.63) is 83.6 Å². The van der Waals surface area contributed by atoms with Gasteiger partial charge in [0.25, 0.3) is 0 Å². The van der Waals surface area contributed by atoms with Gasteiger partial charge in [0.2, 0.25) is 5.91 Å². The van der Waals surface area contributed by atoms with Crippen molar-refractivity contribution in [2.24, 2.45) is 7.05 Å². The van der Waals surface area contributed by atoms with Gasteiger partial charge >= 0.3 is 0 Å². The fourth-order valence-corrected chi connectivity index (χ4v) is 5.32. The van der Waals surface area contributed by atoms with Crippen LogP contribution in [-0.4, -0.2) is 35.9 Å². The summed E-state index contributed by atoms with van der Waals surface area (Å²) in [6.07, 6.45) is 4.21. The Bertz CT molecular complexity index is 1400. The Morgan fingerprint density at radius 3 is 2.59 bits per heavy atom. The molecule has 0 aliphatic rings. The molecule has 0 radical (unpaired) electrons. The maximum atomic E-state index is 12.8. The largest absolute Gasteiger partial charge is 0.325 e. The Morgan fingerprint density at radius 2 is 1.82 bits per heavy atom. The van der Waals surface area contributed by atoms with Gasteiger partial charge in [0, 0.05) is 37.1 Å². The van der Waals surface area contributed by atoms with E-state index in [0.717, 1.165) is 39.6 Å². The van der Waals surface area contributed by atoms with E-state index in [4.69, 9.17) is 4.98 Å². The number of nitrogens with zero attached hydrogens (tertiary/aromatic N) is 5. The Labute approximate surface area is 205 Å². The quantitative estimate of drug-likeness (QED) is 0.318. The fraction of sp³-hybridized carbons (Fsp3) is 0.160. The van der Waals surface area contributed by atoms with Crippen LogP contribution in [0.25, 0.3) is 21.6 Å². The number of thioether (sulfide) groups is 1. The van der Waals surface area contributed by atoms with Crippen LogP contribution in [0.3, 0.4) is 0 Å². The Morgan fingerprint density at radius 1 is 1.06 bits per heavy atom. The van der Waals surface area contributed by atoms with Crippen LogP contribution in [0.2, 0.25) is 0 Å². The third-order valence-electron chi connectivity index (χ3n) is 5.34. The lowest BCUT2D eigenvalue weighted by Gasteiger charge is -2.12. The first-order chi connectivity index (χ1) is 16.6. The molecule has 0 spiro atoms. The number of hydrogen-bond acceptors (Lipinski definition) is 7. The van der Waals surface area contributed by atoms with E-state index in [1.54, 1.807) is 23.7 Å². The molecule has 0 bridgehead atoms. The maximum Gasteiger partial charge on any atom is 0.237 e. The molecule has 0 unspecified atom stereocenters. The van der Waals surface area contributed by atoms with Crippen LogP contribution in [0, 0.1) is 0 Å². The molecule has 5 aromatic rings. The lowest BCUT2D eigenvalue weighted by atomic mass is 10.1. The zero-order chi connectivity index (χ0) is 23.5. The summed E-state index contributed by atoms with van der Waals surface area (Å²) >= 11 is 3.09. The van der Waals surface area contributed by atoms with Crippen molar-refractivity contribution < 1.29 is 4.79 Å². The smallest absolute Gasteiger partial charge is 0.237 e. The minimum atomic E-state index is -0.337. The Hall–Kier alpha value is -3.56. The van der Waals surface area contributed by atoms with Gasteiger partial charge in [-0.05, 0) is 48.9 Å². The van der Waals surface area contributed by atoms with E-state index in [2.05, 4.69) is 26.6 Å². The van der Waals surface area contributed by atoms with Crippen molar-refractivity contribution >= 4 is 44.9 Å². The van der Waals surface area contributed by atoms with E-state index < -0.39 is 0 Å². The highest BCUT2D eigenvalue weighted by molar-refractivity contribution is 8.00. The van der Waals surface area contributed by atoms with Crippen molar-refractivity contribution in [2.75, 3.05) is 5.32 Å². The van der Waals surface area contributed by atoms with E-state index in [0.29, 0.717) is 5.16 Å². The molecular formula is C25H22N6OS2. The number of carbonyl (C=O) groups excluding carboxylic acids is 1. The molecule has 0 saturated carbocycles. The van der Waals surface area contributed by atoms with Crippen LogP contribution < -0.4 is 5.32 Å². The molecule has 3 aromatic heterocycles. The SMILES string of the molecule is C[C@@H](Sc1nnc(-c2ccncc2)n1C)C(=O)Nc1ccc(Cc2nc3ccccc3s2)cc1. The monoisotopic (exact) mass is 486 g/mol. The molecule has 0 aliphatic heterocycles. The molecule has 1 N–H and O–H groups in total. The number of benzene rings is 2. The molecule has 170 valence electrons. The first kappa shape index (κ1) is 22.2. The van der Waals surface area contributed by atoms with Crippen LogP contribution in [-0.2, 0) is 18.3 Å². The van der Waals surface area contributed by atoms with Gasteiger partial charge in [-0.3, -0.25) is 9.78 Å². The number of thiazole rings is 1. The maximum absolute atomic E-state index is 12.8. The topological polar surface area (TPSA) is 85.6 Å². The molecular weight excluding hydrogens is 464 g/mol. The molecule has 1 atom stereocenters. The number of hydrogen-bond donors (Lipinski definition) is 1. The van der Waals surface area contributed by atoms with Crippen molar-refractivity contribution in [2.45, 2.75) is 23.8 Å². The molecule has 0 aliphatic carbocycles. The number of anilines is 1. The van der Waals surface area contributed by atoms with Crippen molar-refractivity contribution in [3.63, 3.8) is 0 Å². The summed E-state index contributed by atoms with van der Waals surface area (Å²) < 4.78 is 3.09. The van der Waals surface area contributed by atoms with E-state index in [1.165, 1.54) is 16.5 Å². The van der Waals surface area contributed by atoms with Gasteiger partial charge in [-0.25, -0.2) is 4.98 Å². The predicted molar refractivity (Wildman–Crippen MR) is 137 cm³/mol. The first-order valence-corrected chi connectivity index (χ1v) is 12.5. The first-order valence-electron chi connectivity index (χ1n) is 10.8. The number of amides is 1. The van der Waals surface area contributed by atoms with E-state index in [9.17, 15) is 4.79 Å². The highest BCUT2D eigenvalue weighted by Crippen LogP contribution is 2.27. The number of rotatable bonds is 7.